The molecule has 0 aliphatic carbocycles. The van der Waals surface area contributed by atoms with Gasteiger partial charge in [-0.15, -0.1) is 0 Å². The molecule has 4 aromatic rings. The van der Waals surface area contributed by atoms with Crippen LogP contribution in [0.4, 0.5) is 11.4 Å². The van der Waals surface area contributed by atoms with Gasteiger partial charge in [-0.2, -0.15) is 0 Å². The Balaban J connectivity index is 1.54. The highest BCUT2D eigenvalue weighted by molar-refractivity contribution is 7.92. The number of hydrogen-bond donors (Lipinski definition) is 2. The Morgan fingerprint density at radius 2 is 1.46 bits per heavy atom. The van der Waals surface area contributed by atoms with Crippen LogP contribution in [0.3, 0.4) is 0 Å². The zero-order valence-electron chi connectivity index (χ0n) is 26.3. The van der Waals surface area contributed by atoms with Crippen LogP contribution in [0, 0.1) is 6.92 Å². The molecule has 0 aromatic heterocycles. The van der Waals surface area contributed by atoms with Gasteiger partial charge in [-0.1, -0.05) is 35.9 Å². The first-order chi connectivity index (χ1) is 22.1. The van der Waals surface area contributed by atoms with Gasteiger partial charge in [-0.05, 0) is 67.4 Å². The molecule has 242 valence electrons. The fraction of sp³-hybridized carbons (Fsp3) is 0.235. The maximum Gasteiger partial charge on any atom is 0.264 e. The molecule has 11 nitrogen and oxygen atoms in total. The molecule has 2 amide bonds. The normalized spacial score (nSPS) is 10.9. The van der Waals surface area contributed by atoms with Gasteiger partial charge in [0.2, 0.25) is 5.91 Å². The minimum atomic E-state index is -4.23. The van der Waals surface area contributed by atoms with E-state index in [4.69, 9.17) is 18.9 Å². The van der Waals surface area contributed by atoms with Crippen LogP contribution in [-0.4, -0.2) is 61.8 Å². The molecule has 0 atom stereocenters. The zero-order chi connectivity index (χ0) is 33.3. The molecule has 0 spiro atoms. The summed E-state index contributed by atoms with van der Waals surface area (Å²) in [5.74, 6) is 0.762. The summed E-state index contributed by atoms with van der Waals surface area (Å²) in [6, 6.07) is 23.0. The maximum atomic E-state index is 13.9. The average Bonchev–Trinajstić information content (AvgIpc) is 3.07. The first-order valence-electron chi connectivity index (χ1n) is 14.3. The van der Waals surface area contributed by atoms with Gasteiger partial charge in [-0.3, -0.25) is 13.9 Å². The smallest absolute Gasteiger partial charge is 0.264 e. The van der Waals surface area contributed by atoms with Crippen molar-refractivity contribution in [2.45, 2.75) is 18.2 Å². The number of para-hydroxylation sites is 1. The number of nitrogens with zero attached hydrogens (tertiary/aromatic N) is 1. The van der Waals surface area contributed by atoms with Gasteiger partial charge in [0.25, 0.3) is 15.9 Å². The molecule has 0 aliphatic rings. The third kappa shape index (κ3) is 7.88. The number of nitrogens with one attached hydrogen (secondary N) is 2. The van der Waals surface area contributed by atoms with Crippen molar-refractivity contribution in [2.24, 2.45) is 0 Å². The number of rotatable bonds is 14. The summed E-state index contributed by atoms with van der Waals surface area (Å²) in [4.78, 5) is 26.7. The standard InChI is InChI=1S/C34H37N3O8S/c1-23-10-14-26(15-11-23)46(40,41)37(29-16-13-25(42-2)21-31(29)44-4)22-33(38)36-28-9-7-6-8-27(28)34(39)35-19-18-24-12-17-30(43-3)32(20-24)45-5/h6-17,20-21H,18-19,22H2,1-5H3,(H,35,39)(H,36,38). The van der Waals surface area contributed by atoms with Crippen LogP contribution in [-0.2, 0) is 21.2 Å². The molecule has 0 heterocycles. The highest BCUT2D eigenvalue weighted by Gasteiger charge is 2.30. The second kappa shape index (κ2) is 15.2. The van der Waals surface area contributed by atoms with Gasteiger partial charge in [0.05, 0.1) is 50.3 Å². The van der Waals surface area contributed by atoms with E-state index in [9.17, 15) is 18.0 Å². The molecular formula is C34H37N3O8S. The van der Waals surface area contributed by atoms with E-state index in [-0.39, 0.29) is 27.6 Å². The predicted octanol–water partition coefficient (Wildman–Crippen LogP) is 4.84. The Morgan fingerprint density at radius 3 is 2.13 bits per heavy atom. The van der Waals surface area contributed by atoms with Gasteiger partial charge in [-0.25, -0.2) is 8.42 Å². The van der Waals surface area contributed by atoms with E-state index in [1.807, 2.05) is 19.1 Å². The molecule has 0 saturated carbocycles. The van der Waals surface area contributed by atoms with Crippen LogP contribution >= 0.6 is 0 Å². The third-order valence-corrected chi connectivity index (χ3v) is 8.92. The lowest BCUT2D eigenvalue weighted by atomic mass is 10.1. The monoisotopic (exact) mass is 647 g/mol. The number of hydrogen-bond acceptors (Lipinski definition) is 8. The summed E-state index contributed by atoms with van der Waals surface area (Å²) in [6.07, 6.45) is 0.524. The van der Waals surface area contributed by atoms with Crippen molar-refractivity contribution in [2.75, 3.05) is 51.2 Å². The molecule has 0 bridgehead atoms. The summed E-state index contributed by atoms with van der Waals surface area (Å²) >= 11 is 0. The largest absolute Gasteiger partial charge is 0.497 e. The van der Waals surface area contributed by atoms with E-state index >= 15 is 0 Å². The van der Waals surface area contributed by atoms with Crippen molar-refractivity contribution in [1.82, 2.24) is 5.32 Å². The number of benzene rings is 4. The van der Waals surface area contributed by atoms with Crippen molar-refractivity contribution in [1.29, 1.82) is 0 Å². The Morgan fingerprint density at radius 1 is 0.761 bits per heavy atom. The molecular weight excluding hydrogens is 610 g/mol. The topological polar surface area (TPSA) is 132 Å². The Bertz CT molecular complexity index is 1790. The van der Waals surface area contributed by atoms with Gasteiger partial charge < -0.3 is 29.6 Å². The van der Waals surface area contributed by atoms with Gasteiger partial charge >= 0.3 is 0 Å². The van der Waals surface area contributed by atoms with E-state index in [0.717, 1.165) is 15.4 Å². The Labute approximate surface area is 269 Å². The van der Waals surface area contributed by atoms with E-state index < -0.39 is 28.4 Å². The lowest BCUT2D eigenvalue weighted by Crippen LogP contribution is -2.38. The molecule has 0 saturated heterocycles. The second-order valence-corrected chi connectivity index (χ2v) is 12.0. The molecule has 0 aliphatic heterocycles. The molecule has 4 aromatic carbocycles. The van der Waals surface area contributed by atoms with E-state index in [1.165, 1.54) is 38.5 Å². The van der Waals surface area contributed by atoms with Crippen LogP contribution < -0.4 is 33.9 Å². The zero-order valence-corrected chi connectivity index (χ0v) is 27.1. The molecule has 0 fully saturated rings. The second-order valence-electron chi connectivity index (χ2n) is 10.2. The van der Waals surface area contributed by atoms with Crippen LogP contribution in [0.25, 0.3) is 0 Å². The highest BCUT2D eigenvalue weighted by atomic mass is 32.2. The molecule has 0 unspecified atom stereocenters. The van der Waals surface area contributed by atoms with Gasteiger partial charge in [0.1, 0.15) is 18.0 Å². The number of amides is 2. The number of carbonyl (C=O) groups is 2. The first kappa shape index (κ1) is 33.7. The van der Waals surface area contributed by atoms with Crippen molar-refractivity contribution in [3.8, 4) is 23.0 Å². The van der Waals surface area contributed by atoms with E-state index in [0.29, 0.717) is 30.2 Å². The van der Waals surface area contributed by atoms with Crippen molar-refractivity contribution >= 4 is 33.2 Å². The third-order valence-electron chi connectivity index (χ3n) is 7.14. The van der Waals surface area contributed by atoms with Crippen LogP contribution in [0.5, 0.6) is 23.0 Å². The molecule has 46 heavy (non-hydrogen) atoms. The quantitative estimate of drug-likeness (QED) is 0.199. The van der Waals surface area contributed by atoms with Gasteiger partial charge in [0, 0.05) is 12.6 Å². The van der Waals surface area contributed by atoms with Crippen LogP contribution in [0.15, 0.2) is 89.8 Å². The number of aryl methyl sites for hydroxylation is 1. The number of methoxy groups -OCH3 is 4. The summed E-state index contributed by atoms with van der Waals surface area (Å²) in [7, 11) is 1.76. The van der Waals surface area contributed by atoms with Crippen molar-refractivity contribution in [3.05, 3.63) is 102 Å². The number of anilines is 2. The molecule has 4 rings (SSSR count). The average molecular weight is 648 g/mol. The fourth-order valence-electron chi connectivity index (χ4n) is 4.69. The number of sulfonamides is 1. The Hall–Kier alpha value is -5.23. The maximum absolute atomic E-state index is 13.9. The van der Waals surface area contributed by atoms with Gasteiger partial charge in [0.15, 0.2) is 11.5 Å². The number of carbonyl (C=O) groups excluding carboxylic acids is 2. The highest BCUT2D eigenvalue weighted by Crippen LogP contribution is 2.35. The molecule has 12 heteroatoms. The Kier molecular flexibility index (Phi) is 11.1. The van der Waals surface area contributed by atoms with Crippen LogP contribution in [0.1, 0.15) is 21.5 Å². The van der Waals surface area contributed by atoms with Crippen molar-refractivity contribution < 1.29 is 37.0 Å². The van der Waals surface area contributed by atoms with E-state index in [2.05, 4.69) is 10.6 Å². The first-order valence-corrected chi connectivity index (χ1v) is 15.7. The summed E-state index contributed by atoms with van der Waals surface area (Å²) in [6.45, 7) is 1.56. The minimum Gasteiger partial charge on any atom is -0.497 e. The van der Waals surface area contributed by atoms with Crippen molar-refractivity contribution in [3.63, 3.8) is 0 Å². The fourth-order valence-corrected chi connectivity index (χ4v) is 6.12. The van der Waals surface area contributed by atoms with Crippen LogP contribution in [0.2, 0.25) is 0 Å². The summed E-state index contributed by atoms with van der Waals surface area (Å²) < 4.78 is 50.2. The molecule has 0 radical (unpaired) electrons. The minimum absolute atomic E-state index is 0.00183. The predicted molar refractivity (Wildman–Crippen MR) is 176 cm³/mol. The molecule has 2 N–H and O–H groups in total. The summed E-state index contributed by atoms with van der Waals surface area (Å²) in [5.41, 5.74) is 2.40. The number of ether oxygens (including phenoxy) is 4. The summed E-state index contributed by atoms with van der Waals surface area (Å²) in [5, 5.41) is 5.59. The SMILES string of the molecule is COc1ccc(N(CC(=O)Nc2ccccc2C(=O)NCCc2ccc(OC)c(OC)c2)S(=O)(=O)c2ccc(C)cc2)c(OC)c1. The lowest BCUT2D eigenvalue weighted by molar-refractivity contribution is -0.114. The van der Waals surface area contributed by atoms with E-state index in [1.54, 1.807) is 62.8 Å². The lowest BCUT2D eigenvalue weighted by Gasteiger charge is -2.26.